The van der Waals surface area contributed by atoms with Gasteiger partial charge in [-0.05, 0) is 57.7 Å². The number of likely N-dealkylation sites (tertiary alicyclic amines) is 1. The van der Waals surface area contributed by atoms with Crippen molar-refractivity contribution in [2.45, 2.75) is 52.5 Å². The molecular weight excluding hydrogens is 358 g/mol. The Bertz CT molecular complexity index is 989. The van der Waals surface area contributed by atoms with Gasteiger partial charge in [-0.3, -0.25) is 4.79 Å². The minimum absolute atomic E-state index is 0.221. The molecule has 1 fully saturated rings. The maximum Gasteiger partial charge on any atom is 0.227 e. The van der Waals surface area contributed by atoms with Crippen molar-refractivity contribution in [3.8, 4) is 5.69 Å². The first-order valence-electron chi connectivity index (χ1n) is 10.5. The highest BCUT2D eigenvalue weighted by Crippen LogP contribution is 2.24. The van der Waals surface area contributed by atoms with Gasteiger partial charge in [0.05, 0.1) is 17.8 Å². The van der Waals surface area contributed by atoms with E-state index < -0.39 is 0 Å². The van der Waals surface area contributed by atoms with Crippen LogP contribution in [-0.2, 0) is 17.6 Å². The molecule has 3 aromatic rings. The molecule has 1 amide bonds. The van der Waals surface area contributed by atoms with Gasteiger partial charge < -0.3 is 4.90 Å². The minimum Gasteiger partial charge on any atom is -0.339 e. The van der Waals surface area contributed by atoms with Crippen molar-refractivity contribution in [1.29, 1.82) is 0 Å². The highest BCUT2D eigenvalue weighted by molar-refractivity contribution is 5.80. The Hall–Kier alpha value is -2.88. The molecular formula is C25H29N3O. The van der Waals surface area contributed by atoms with Crippen molar-refractivity contribution in [3.05, 3.63) is 82.7 Å². The topological polar surface area (TPSA) is 38.1 Å². The maximum atomic E-state index is 13.2. The van der Waals surface area contributed by atoms with E-state index in [1.165, 1.54) is 11.1 Å². The summed E-state index contributed by atoms with van der Waals surface area (Å²) >= 11 is 0. The van der Waals surface area contributed by atoms with Crippen molar-refractivity contribution in [3.63, 3.8) is 0 Å². The van der Waals surface area contributed by atoms with Crippen LogP contribution >= 0.6 is 0 Å². The van der Waals surface area contributed by atoms with E-state index in [0.717, 1.165) is 48.4 Å². The fourth-order valence-electron chi connectivity index (χ4n) is 4.38. The lowest BCUT2D eigenvalue weighted by Gasteiger charge is -2.25. The smallest absolute Gasteiger partial charge is 0.227 e. The third kappa shape index (κ3) is 4.12. The highest BCUT2D eigenvalue weighted by Gasteiger charge is 2.29. The van der Waals surface area contributed by atoms with E-state index >= 15 is 0 Å². The average Bonchev–Trinajstić information content (AvgIpc) is 3.30. The molecule has 1 unspecified atom stereocenters. The fraction of sp³-hybridized carbons (Fsp3) is 0.360. The number of amides is 1. The Labute approximate surface area is 173 Å². The van der Waals surface area contributed by atoms with E-state index in [9.17, 15) is 4.79 Å². The first-order chi connectivity index (χ1) is 14.0. The largest absolute Gasteiger partial charge is 0.339 e. The van der Waals surface area contributed by atoms with Gasteiger partial charge in [0.25, 0.3) is 0 Å². The van der Waals surface area contributed by atoms with E-state index in [0.29, 0.717) is 12.5 Å². The van der Waals surface area contributed by atoms with E-state index in [1.807, 2.05) is 41.9 Å². The van der Waals surface area contributed by atoms with Crippen molar-refractivity contribution in [2.24, 2.45) is 0 Å². The molecule has 4 heteroatoms. The Balaban J connectivity index is 1.50. The van der Waals surface area contributed by atoms with Gasteiger partial charge in [-0.1, -0.05) is 48.0 Å². The summed E-state index contributed by atoms with van der Waals surface area (Å²) in [7, 11) is 0. The van der Waals surface area contributed by atoms with Gasteiger partial charge >= 0.3 is 0 Å². The van der Waals surface area contributed by atoms with Crippen molar-refractivity contribution < 1.29 is 4.79 Å². The second-order valence-electron chi connectivity index (χ2n) is 8.15. The van der Waals surface area contributed by atoms with Gasteiger partial charge in [0.2, 0.25) is 5.91 Å². The second-order valence-corrected chi connectivity index (χ2v) is 8.15. The monoisotopic (exact) mass is 387 g/mol. The Morgan fingerprint density at radius 1 is 1.03 bits per heavy atom. The molecule has 0 aliphatic carbocycles. The number of hydrogen-bond donors (Lipinski definition) is 0. The average molecular weight is 388 g/mol. The van der Waals surface area contributed by atoms with Crippen LogP contribution in [0, 0.1) is 20.8 Å². The standard InChI is InChI=1S/C25H29N3O/c1-18-11-13-21(14-12-18)16-23-10-7-15-27(23)25(29)17-24-19(2)26-28(20(24)3)22-8-5-4-6-9-22/h4-6,8-9,11-14,23H,7,10,15-17H2,1-3H3. The second kappa shape index (κ2) is 8.24. The molecule has 1 atom stereocenters. The number of nitrogens with zero attached hydrogens (tertiary/aromatic N) is 3. The van der Waals surface area contributed by atoms with Crippen LogP contribution in [-0.4, -0.2) is 33.2 Å². The number of benzene rings is 2. The van der Waals surface area contributed by atoms with Gasteiger partial charge in [0.15, 0.2) is 0 Å². The summed E-state index contributed by atoms with van der Waals surface area (Å²) in [5.74, 6) is 0.221. The van der Waals surface area contributed by atoms with Crippen molar-refractivity contribution >= 4 is 5.91 Å². The van der Waals surface area contributed by atoms with Crippen LogP contribution in [0.2, 0.25) is 0 Å². The number of rotatable bonds is 5. The molecule has 1 aromatic heterocycles. The molecule has 0 N–H and O–H groups in total. The molecule has 29 heavy (non-hydrogen) atoms. The summed E-state index contributed by atoms with van der Waals surface area (Å²) in [6.07, 6.45) is 3.53. The highest BCUT2D eigenvalue weighted by atomic mass is 16.2. The van der Waals surface area contributed by atoms with Gasteiger partial charge in [-0.25, -0.2) is 4.68 Å². The number of carbonyl (C=O) groups excluding carboxylic acids is 1. The number of aromatic nitrogens is 2. The molecule has 0 spiro atoms. The van der Waals surface area contributed by atoms with Crippen molar-refractivity contribution in [1.82, 2.24) is 14.7 Å². The zero-order chi connectivity index (χ0) is 20.4. The molecule has 0 bridgehead atoms. The quantitative estimate of drug-likeness (QED) is 0.643. The normalized spacial score (nSPS) is 16.4. The van der Waals surface area contributed by atoms with E-state index in [2.05, 4.69) is 43.0 Å². The van der Waals surface area contributed by atoms with Gasteiger partial charge in [-0.2, -0.15) is 5.10 Å². The summed E-state index contributed by atoms with van der Waals surface area (Å²) in [5, 5.41) is 4.70. The number of aryl methyl sites for hydroxylation is 2. The first kappa shape index (κ1) is 19.4. The Kier molecular flexibility index (Phi) is 5.52. The van der Waals surface area contributed by atoms with Crippen LogP contribution in [0.1, 0.15) is 40.9 Å². The molecule has 4 nitrogen and oxygen atoms in total. The van der Waals surface area contributed by atoms with Crippen LogP contribution in [0.5, 0.6) is 0 Å². The zero-order valence-electron chi connectivity index (χ0n) is 17.6. The number of hydrogen-bond acceptors (Lipinski definition) is 2. The maximum absolute atomic E-state index is 13.2. The molecule has 1 aliphatic heterocycles. The van der Waals surface area contributed by atoms with E-state index in [-0.39, 0.29) is 5.91 Å². The van der Waals surface area contributed by atoms with Crippen LogP contribution in [0.25, 0.3) is 5.69 Å². The predicted octanol–water partition coefficient (Wildman–Crippen LogP) is 4.57. The van der Waals surface area contributed by atoms with Gasteiger partial charge in [-0.15, -0.1) is 0 Å². The third-order valence-electron chi connectivity index (χ3n) is 6.06. The lowest BCUT2D eigenvalue weighted by molar-refractivity contribution is -0.131. The lowest BCUT2D eigenvalue weighted by atomic mass is 10.0. The summed E-state index contributed by atoms with van der Waals surface area (Å²) in [6.45, 7) is 7.03. The third-order valence-corrected chi connectivity index (χ3v) is 6.06. The molecule has 0 radical (unpaired) electrons. The fourth-order valence-corrected chi connectivity index (χ4v) is 4.38. The first-order valence-corrected chi connectivity index (χ1v) is 10.5. The van der Waals surface area contributed by atoms with Crippen LogP contribution in [0.4, 0.5) is 0 Å². The molecule has 4 rings (SSSR count). The SMILES string of the molecule is Cc1ccc(CC2CCCN2C(=O)Cc2c(C)nn(-c3ccccc3)c2C)cc1. The molecule has 0 saturated carbocycles. The van der Waals surface area contributed by atoms with Gasteiger partial charge in [0.1, 0.15) is 0 Å². The molecule has 2 aromatic carbocycles. The van der Waals surface area contributed by atoms with Gasteiger partial charge in [0, 0.05) is 23.8 Å². The summed E-state index contributed by atoms with van der Waals surface area (Å²) in [5.41, 5.74) is 6.66. The van der Waals surface area contributed by atoms with E-state index in [1.54, 1.807) is 0 Å². The minimum atomic E-state index is 0.221. The zero-order valence-corrected chi connectivity index (χ0v) is 17.6. The molecule has 2 heterocycles. The van der Waals surface area contributed by atoms with E-state index in [4.69, 9.17) is 5.10 Å². The summed E-state index contributed by atoms with van der Waals surface area (Å²) < 4.78 is 1.95. The number of para-hydroxylation sites is 1. The van der Waals surface area contributed by atoms with Crippen LogP contribution in [0.3, 0.4) is 0 Å². The van der Waals surface area contributed by atoms with Crippen LogP contribution in [0.15, 0.2) is 54.6 Å². The lowest BCUT2D eigenvalue weighted by Crippen LogP contribution is -2.38. The summed E-state index contributed by atoms with van der Waals surface area (Å²) in [4.78, 5) is 15.3. The predicted molar refractivity (Wildman–Crippen MR) is 116 cm³/mol. The summed E-state index contributed by atoms with van der Waals surface area (Å²) in [6, 6.07) is 19.1. The number of carbonyl (C=O) groups is 1. The molecule has 1 saturated heterocycles. The van der Waals surface area contributed by atoms with Crippen LogP contribution < -0.4 is 0 Å². The van der Waals surface area contributed by atoms with Crippen molar-refractivity contribution in [2.75, 3.05) is 6.54 Å². The molecule has 150 valence electrons. The Morgan fingerprint density at radius 3 is 2.48 bits per heavy atom. The molecule has 1 aliphatic rings. The Morgan fingerprint density at radius 2 is 1.76 bits per heavy atom.